The van der Waals surface area contributed by atoms with E-state index in [1.807, 2.05) is 0 Å². The summed E-state index contributed by atoms with van der Waals surface area (Å²) in [6.45, 7) is -0.00166. The molecule has 0 bridgehead atoms. The number of aliphatic carboxylic acids is 1. The summed E-state index contributed by atoms with van der Waals surface area (Å²) in [5, 5.41) is 18.9. The van der Waals surface area contributed by atoms with Crippen LogP contribution in [0.25, 0.3) is 0 Å². The fourth-order valence-corrected chi connectivity index (χ4v) is 2.23. The van der Waals surface area contributed by atoms with Gasteiger partial charge in [-0.2, -0.15) is 0 Å². The third-order valence-corrected chi connectivity index (χ3v) is 3.41. The second kappa shape index (κ2) is 5.07. The first kappa shape index (κ1) is 13.6. The van der Waals surface area contributed by atoms with Crippen molar-refractivity contribution >= 4 is 29.2 Å². The fraction of sp³-hybridized carbons (Fsp3) is 0.333. The van der Waals surface area contributed by atoms with Gasteiger partial charge in [0.2, 0.25) is 0 Å². The lowest BCUT2D eigenvalue weighted by Gasteiger charge is -2.21. The Bertz CT molecular complexity index is 534. The predicted molar refractivity (Wildman–Crippen MR) is 68.9 cm³/mol. The number of nitrogens with zero attached hydrogens (tertiary/aromatic N) is 1. The van der Waals surface area contributed by atoms with E-state index >= 15 is 0 Å². The van der Waals surface area contributed by atoms with Gasteiger partial charge in [0, 0.05) is 18.5 Å². The minimum absolute atomic E-state index is 0.00166. The molecular weight excluding hydrogens is 272 g/mol. The minimum atomic E-state index is -1.13. The molecule has 0 spiro atoms. The lowest BCUT2D eigenvalue weighted by Crippen LogP contribution is -2.40. The zero-order valence-electron chi connectivity index (χ0n) is 9.91. The van der Waals surface area contributed by atoms with Crippen molar-refractivity contribution in [1.29, 1.82) is 0 Å². The number of carbonyl (C=O) groups is 2. The molecule has 1 heterocycles. The third kappa shape index (κ3) is 2.64. The molecule has 1 aliphatic heterocycles. The summed E-state index contributed by atoms with van der Waals surface area (Å²) in [5.74, 6) is -1.61. The van der Waals surface area contributed by atoms with E-state index in [1.54, 1.807) is 0 Å². The van der Waals surface area contributed by atoms with Gasteiger partial charge in [0.25, 0.3) is 5.91 Å². The average molecular weight is 285 g/mol. The van der Waals surface area contributed by atoms with Crippen LogP contribution in [0.5, 0.6) is 0 Å². The molecule has 4 N–H and O–H groups in total. The number of anilines is 1. The first-order chi connectivity index (χ1) is 8.90. The van der Waals surface area contributed by atoms with E-state index in [0.717, 1.165) is 4.90 Å². The standard InChI is InChI=1S/C12H13ClN2O4/c13-8-2-1-6(3-9(8)14)11(17)15-5-7(16)4-10(15)12(18)19/h1-3,7,10,16H,4-5,14H2,(H,18,19)/t7-,10-/m0/s1. The van der Waals surface area contributed by atoms with Crippen LogP contribution in [-0.2, 0) is 4.79 Å². The van der Waals surface area contributed by atoms with Crippen LogP contribution in [-0.4, -0.2) is 45.7 Å². The second-order valence-corrected chi connectivity index (χ2v) is 4.84. The molecule has 1 aromatic rings. The van der Waals surface area contributed by atoms with E-state index in [1.165, 1.54) is 18.2 Å². The molecule has 0 aromatic heterocycles. The van der Waals surface area contributed by atoms with E-state index in [4.69, 9.17) is 22.4 Å². The van der Waals surface area contributed by atoms with Crippen molar-refractivity contribution in [3.63, 3.8) is 0 Å². The molecule has 19 heavy (non-hydrogen) atoms. The average Bonchev–Trinajstić information content (AvgIpc) is 2.74. The maximum atomic E-state index is 12.2. The summed E-state index contributed by atoms with van der Waals surface area (Å²) in [6.07, 6.45) is -0.792. The zero-order chi connectivity index (χ0) is 14.2. The summed E-state index contributed by atoms with van der Waals surface area (Å²) in [4.78, 5) is 24.4. The van der Waals surface area contributed by atoms with Crippen LogP contribution in [0.4, 0.5) is 5.69 Å². The van der Waals surface area contributed by atoms with E-state index in [0.29, 0.717) is 5.02 Å². The number of aliphatic hydroxyl groups is 1. The van der Waals surface area contributed by atoms with Crippen LogP contribution in [0.3, 0.4) is 0 Å². The highest BCUT2D eigenvalue weighted by Crippen LogP contribution is 2.24. The number of carboxylic acid groups (broad SMARTS) is 1. The summed E-state index contributed by atoms with van der Waals surface area (Å²) >= 11 is 5.76. The maximum Gasteiger partial charge on any atom is 0.326 e. The molecule has 1 aromatic carbocycles. The lowest BCUT2D eigenvalue weighted by atomic mass is 10.1. The zero-order valence-corrected chi connectivity index (χ0v) is 10.7. The van der Waals surface area contributed by atoms with Gasteiger partial charge >= 0.3 is 5.97 Å². The number of β-amino-alcohol motifs (C(OH)–C–C–N with tert-alkyl or cyclic N) is 1. The molecule has 0 saturated carbocycles. The van der Waals surface area contributed by atoms with Gasteiger partial charge in [-0.1, -0.05) is 11.6 Å². The number of hydrogen-bond donors (Lipinski definition) is 3. The van der Waals surface area contributed by atoms with Crippen molar-refractivity contribution in [2.45, 2.75) is 18.6 Å². The Kier molecular flexibility index (Phi) is 3.64. The normalized spacial score (nSPS) is 22.5. The van der Waals surface area contributed by atoms with Crippen molar-refractivity contribution in [3.05, 3.63) is 28.8 Å². The van der Waals surface area contributed by atoms with Crippen LogP contribution in [0.1, 0.15) is 16.8 Å². The number of nitrogens with two attached hydrogens (primary N) is 1. The molecule has 1 aliphatic rings. The summed E-state index contributed by atoms with van der Waals surface area (Å²) in [7, 11) is 0. The Hall–Kier alpha value is -1.79. The van der Waals surface area contributed by atoms with Gasteiger partial charge in [-0.3, -0.25) is 4.79 Å². The molecule has 6 nitrogen and oxygen atoms in total. The number of carboxylic acids is 1. The predicted octanol–water partition coefficient (Wildman–Crippen LogP) is 0.582. The maximum absolute atomic E-state index is 12.2. The number of carbonyl (C=O) groups excluding carboxylic acids is 1. The monoisotopic (exact) mass is 284 g/mol. The highest BCUT2D eigenvalue weighted by Gasteiger charge is 2.39. The summed E-state index contributed by atoms with van der Waals surface area (Å²) < 4.78 is 0. The largest absolute Gasteiger partial charge is 0.480 e. The first-order valence-corrected chi connectivity index (χ1v) is 6.05. The Balaban J connectivity index is 2.27. The SMILES string of the molecule is Nc1cc(C(=O)N2C[C@@H](O)C[C@H]2C(=O)O)ccc1Cl. The highest BCUT2D eigenvalue weighted by molar-refractivity contribution is 6.33. The number of rotatable bonds is 2. The van der Waals surface area contributed by atoms with Gasteiger partial charge < -0.3 is 20.8 Å². The number of nitrogen functional groups attached to an aromatic ring is 1. The number of benzene rings is 1. The molecule has 1 fully saturated rings. The van der Waals surface area contributed by atoms with Crippen LogP contribution in [0.2, 0.25) is 5.02 Å². The summed E-state index contributed by atoms with van der Waals surface area (Å²) in [6, 6.07) is 3.34. The fourth-order valence-electron chi connectivity index (χ4n) is 2.11. The second-order valence-electron chi connectivity index (χ2n) is 4.44. The van der Waals surface area contributed by atoms with Crippen LogP contribution in [0, 0.1) is 0 Å². The molecule has 0 aliphatic carbocycles. The quantitative estimate of drug-likeness (QED) is 0.689. The minimum Gasteiger partial charge on any atom is -0.480 e. The molecular formula is C12H13ClN2O4. The van der Waals surface area contributed by atoms with Gasteiger partial charge in [-0.15, -0.1) is 0 Å². The molecule has 2 rings (SSSR count). The molecule has 0 radical (unpaired) electrons. The lowest BCUT2D eigenvalue weighted by molar-refractivity contribution is -0.141. The number of amides is 1. The number of aliphatic hydroxyl groups excluding tert-OH is 1. The Morgan fingerprint density at radius 1 is 1.42 bits per heavy atom. The van der Waals surface area contributed by atoms with Crippen molar-refractivity contribution in [2.24, 2.45) is 0 Å². The molecule has 1 amide bonds. The molecule has 2 atom stereocenters. The summed E-state index contributed by atoms with van der Waals surface area (Å²) in [5.41, 5.74) is 6.11. The van der Waals surface area contributed by atoms with Gasteiger partial charge in [-0.25, -0.2) is 4.79 Å². The molecule has 7 heteroatoms. The van der Waals surface area contributed by atoms with Gasteiger partial charge in [0.15, 0.2) is 0 Å². The number of likely N-dealkylation sites (tertiary alicyclic amines) is 1. The van der Waals surface area contributed by atoms with E-state index in [-0.39, 0.29) is 24.2 Å². The number of hydrogen-bond acceptors (Lipinski definition) is 4. The molecule has 0 unspecified atom stereocenters. The topological polar surface area (TPSA) is 104 Å². The Labute approximate surface area is 114 Å². The van der Waals surface area contributed by atoms with Crippen molar-refractivity contribution in [2.75, 3.05) is 12.3 Å². The smallest absolute Gasteiger partial charge is 0.326 e. The van der Waals surface area contributed by atoms with Crippen LogP contribution in [0.15, 0.2) is 18.2 Å². The molecule has 1 saturated heterocycles. The van der Waals surface area contributed by atoms with Crippen molar-refractivity contribution < 1.29 is 19.8 Å². The van der Waals surface area contributed by atoms with Crippen molar-refractivity contribution in [1.82, 2.24) is 4.90 Å². The third-order valence-electron chi connectivity index (χ3n) is 3.07. The van der Waals surface area contributed by atoms with E-state index in [9.17, 15) is 14.7 Å². The van der Waals surface area contributed by atoms with Crippen molar-refractivity contribution in [3.8, 4) is 0 Å². The van der Waals surface area contributed by atoms with Crippen LogP contribution >= 0.6 is 11.6 Å². The Morgan fingerprint density at radius 3 is 2.68 bits per heavy atom. The van der Waals surface area contributed by atoms with Gasteiger partial charge in [0.05, 0.1) is 16.8 Å². The highest BCUT2D eigenvalue weighted by atomic mass is 35.5. The first-order valence-electron chi connectivity index (χ1n) is 5.67. The molecule has 102 valence electrons. The Morgan fingerprint density at radius 2 is 2.11 bits per heavy atom. The van der Waals surface area contributed by atoms with Gasteiger partial charge in [0.1, 0.15) is 6.04 Å². The van der Waals surface area contributed by atoms with Crippen LogP contribution < -0.4 is 5.73 Å². The van der Waals surface area contributed by atoms with E-state index in [2.05, 4.69) is 0 Å². The van der Waals surface area contributed by atoms with Gasteiger partial charge in [-0.05, 0) is 18.2 Å². The number of halogens is 1. The van der Waals surface area contributed by atoms with E-state index < -0.39 is 24.0 Å².